The number of morpholine rings is 1. The highest BCUT2D eigenvalue weighted by Gasteiger charge is 2.18. The van der Waals surface area contributed by atoms with Gasteiger partial charge in [-0.1, -0.05) is 17.7 Å². The van der Waals surface area contributed by atoms with Gasteiger partial charge in [0.15, 0.2) is 0 Å². The van der Waals surface area contributed by atoms with E-state index in [1.54, 1.807) is 6.20 Å². The first-order chi connectivity index (χ1) is 12.0. The van der Waals surface area contributed by atoms with Crippen molar-refractivity contribution in [3.05, 3.63) is 41.1 Å². The van der Waals surface area contributed by atoms with E-state index in [0.29, 0.717) is 32.9 Å². The first-order valence-corrected chi connectivity index (χ1v) is 8.53. The molecule has 2 rings (SSSR count). The van der Waals surface area contributed by atoms with Crippen LogP contribution in [0.3, 0.4) is 0 Å². The summed E-state index contributed by atoms with van der Waals surface area (Å²) >= 11 is 0. The van der Waals surface area contributed by atoms with E-state index in [-0.39, 0.29) is 17.5 Å². The number of rotatable bonds is 6. The lowest BCUT2D eigenvalue weighted by Crippen LogP contribution is -2.34. The van der Waals surface area contributed by atoms with Crippen molar-refractivity contribution in [3.63, 3.8) is 0 Å². The zero-order valence-corrected chi connectivity index (χ0v) is 15.0. The summed E-state index contributed by atoms with van der Waals surface area (Å²) in [6, 6.07) is 7.60. The molecule has 1 fully saturated rings. The molecular weight excluding hydrogens is 318 g/mol. The van der Waals surface area contributed by atoms with Gasteiger partial charge < -0.3 is 19.7 Å². The molecule has 25 heavy (non-hydrogen) atoms. The van der Waals surface area contributed by atoms with Crippen LogP contribution in [0.2, 0.25) is 0 Å². The third kappa shape index (κ3) is 5.23. The van der Waals surface area contributed by atoms with E-state index < -0.39 is 0 Å². The van der Waals surface area contributed by atoms with Crippen molar-refractivity contribution in [1.29, 1.82) is 5.26 Å². The number of carbonyl (C=O) groups excluding carboxylic acids is 1. The molecule has 134 valence electrons. The second kappa shape index (κ2) is 9.09. The number of nitriles is 1. The first kappa shape index (κ1) is 18.8. The summed E-state index contributed by atoms with van der Waals surface area (Å²) < 4.78 is 10.9. The number of carbonyl (C=O) groups is 1. The third-order valence-electron chi connectivity index (χ3n) is 4.00. The molecule has 1 saturated heterocycles. The monoisotopic (exact) mass is 343 g/mol. The van der Waals surface area contributed by atoms with Crippen LogP contribution in [0.4, 0.5) is 0 Å². The molecule has 1 aliphatic heterocycles. The van der Waals surface area contributed by atoms with Crippen LogP contribution >= 0.6 is 0 Å². The van der Waals surface area contributed by atoms with Crippen molar-refractivity contribution in [2.75, 3.05) is 32.9 Å². The summed E-state index contributed by atoms with van der Waals surface area (Å²) in [5.41, 5.74) is 2.09. The largest absolute Gasteiger partial charge is 0.494 e. The van der Waals surface area contributed by atoms with Gasteiger partial charge in [0, 0.05) is 24.9 Å². The molecule has 0 aliphatic carbocycles. The predicted molar refractivity (Wildman–Crippen MR) is 95.0 cm³/mol. The van der Waals surface area contributed by atoms with Gasteiger partial charge in [0.05, 0.1) is 25.9 Å². The molecule has 6 nitrogen and oxygen atoms in total. The van der Waals surface area contributed by atoms with Crippen molar-refractivity contribution in [1.82, 2.24) is 10.2 Å². The summed E-state index contributed by atoms with van der Waals surface area (Å²) in [4.78, 5) is 14.4. The van der Waals surface area contributed by atoms with Crippen LogP contribution in [-0.2, 0) is 9.53 Å². The van der Waals surface area contributed by atoms with Gasteiger partial charge in [-0.25, -0.2) is 0 Å². The van der Waals surface area contributed by atoms with Crippen LogP contribution in [0.15, 0.2) is 30.0 Å². The predicted octanol–water partition coefficient (Wildman–Crippen LogP) is 2.31. The summed E-state index contributed by atoms with van der Waals surface area (Å²) in [6.45, 7) is 8.93. The number of hydrogen-bond donors (Lipinski definition) is 1. The fraction of sp³-hybridized carbons (Fsp3) is 0.474. The first-order valence-electron chi connectivity index (χ1n) is 8.53. The van der Waals surface area contributed by atoms with Crippen LogP contribution in [0.25, 0.3) is 0 Å². The van der Waals surface area contributed by atoms with E-state index in [4.69, 9.17) is 9.47 Å². The van der Waals surface area contributed by atoms with Gasteiger partial charge in [0.2, 0.25) is 0 Å². The Balaban J connectivity index is 2.12. The number of amides is 1. The van der Waals surface area contributed by atoms with Crippen molar-refractivity contribution in [3.8, 4) is 11.8 Å². The second-order valence-electron chi connectivity index (χ2n) is 5.97. The van der Waals surface area contributed by atoms with Crippen LogP contribution in [0.1, 0.15) is 31.0 Å². The zero-order valence-electron chi connectivity index (χ0n) is 15.0. The maximum Gasteiger partial charge on any atom is 0.263 e. The molecule has 0 saturated carbocycles. The van der Waals surface area contributed by atoms with E-state index in [2.05, 4.69) is 5.32 Å². The van der Waals surface area contributed by atoms with E-state index in [1.807, 2.05) is 49.9 Å². The summed E-state index contributed by atoms with van der Waals surface area (Å²) in [5.74, 6) is 0.363. The molecular formula is C19H25N3O3. The van der Waals surface area contributed by atoms with E-state index in [0.717, 1.165) is 16.9 Å². The third-order valence-corrected chi connectivity index (χ3v) is 4.00. The minimum atomic E-state index is -0.384. The molecule has 6 heteroatoms. The molecule has 0 spiro atoms. The maximum absolute atomic E-state index is 12.5. The molecule has 1 heterocycles. The molecule has 1 unspecified atom stereocenters. The van der Waals surface area contributed by atoms with E-state index >= 15 is 0 Å². The molecule has 1 atom stereocenters. The Kier molecular flexibility index (Phi) is 6.84. The Morgan fingerprint density at radius 1 is 1.48 bits per heavy atom. The zero-order chi connectivity index (χ0) is 18.2. The van der Waals surface area contributed by atoms with Gasteiger partial charge in [0.25, 0.3) is 5.91 Å². The Morgan fingerprint density at radius 2 is 2.20 bits per heavy atom. The smallest absolute Gasteiger partial charge is 0.263 e. The molecule has 1 N–H and O–H groups in total. The number of ether oxygens (including phenoxy) is 2. The number of hydrogen-bond acceptors (Lipinski definition) is 5. The number of nitrogens with one attached hydrogen (secondary N) is 1. The minimum absolute atomic E-state index is 0.0966. The lowest BCUT2D eigenvalue weighted by molar-refractivity contribution is -0.117. The molecule has 0 radical (unpaired) electrons. The van der Waals surface area contributed by atoms with Crippen LogP contribution in [-0.4, -0.2) is 43.7 Å². The Labute approximate surface area is 149 Å². The van der Waals surface area contributed by atoms with Crippen LogP contribution in [0.5, 0.6) is 5.75 Å². The molecule has 1 aromatic carbocycles. The van der Waals surface area contributed by atoms with Crippen LogP contribution in [0, 0.1) is 18.3 Å². The maximum atomic E-state index is 12.5. The Morgan fingerprint density at radius 3 is 2.84 bits per heavy atom. The molecule has 1 aromatic rings. The molecule has 0 aromatic heterocycles. The topological polar surface area (TPSA) is 74.6 Å². The van der Waals surface area contributed by atoms with Gasteiger partial charge in [-0.15, -0.1) is 0 Å². The number of aryl methyl sites for hydroxylation is 1. The van der Waals surface area contributed by atoms with Gasteiger partial charge in [-0.3, -0.25) is 4.79 Å². The Hall–Kier alpha value is -2.52. The molecule has 1 amide bonds. The second-order valence-corrected chi connectivity index (χ2v) is 5.97. The van der Waals surface area contributed by atoms with Crippen molar-refractivity contribution in [2.24, 2.45) is 0 Å². The number of benzene rings is 1. The van der Waals surface area contributed by atoms with Gasteiger partial charge >= 0.3 is 0 Å². The van der Waals surface area contributed by atoms with Gasteiger partial charge in [0.1, 0.15) is 17.4 Å². The normalized spacial score (nSPS) is 16.1. The van der Waals surface area contributed by atoms with Gasteiger partial charge in [-0.05, 0) is 26.8 Å². The summed E-state index contributed by atoms with van der Waals surface area (Å²) in [5, 5.41) is 12.2. The van der Waals surface area contributed by atoms with Crippen molar-refractivity contribution >= 4 is 5.91 Å². The average Bonchev–Trinajstić information content (AvgIpc) is 2.62. The molecule has 1 aliphatic rings. The highest BCUT2D eigenvalue weighted by Crippen LogP contribution is 2.26. The standard InChI is InChI=1S/C19H25N3O3/c1-4-25-18-6-5-14(2)11-17(18)15(3)21-19(23)16(12-20)13-22-7-9-24-10-8-22/h5-6,11,13,15H,4,7-10H2,1-3H3,(H,21,23)/b16-13-. The minimum Gasteiger partial charge on any atom is -0.494 e. The highest BCUT2D eigenvalue weighted by molar-refractivity contribution is 5.97. The highest BCUT2D eigenvalue weighted by atomic mass is 16.5. The van der Waals surface area contributed by atoms with E-state index in [1.165, 1.54) is 0 Å². The fourth-order valence-corrected chi connectivity index (χ4v) is 2.67. The van der Waals surface area contributed by atoms with Crippen molar-refractivity contribution < 1.29 is 14.3 Å². The quantitative estimate of drug-likeness (QED) is 0.634. The number of nitrogens with zero attached hydrogens (tertiary/aromatic N) is 2. The van der Waals surface area contributed by atoms with Gasteiger partial charge in [-0.2, -0.15) is 5.26 Å². The summed E-state index contributed by atoms with van der Waals surface area (Å²) in [6.07, 6.45) is 1.62. The SMILES string of the molecule is CCOc1ccc(C)cc1C(C)NC(=O)/C(C#N)=C\N1CCOCC1. The lowest BCUT2D eigenvalue weighted by Gasteiger charge is -2.25. The fourth-order valence-electron chi connectivity index (χ4n) is 2.67. The Bertz CT molecular complexity index is 673. The molecule has 0 bridgehead atoms. The van der Waals surface area contributed by atoms with Crippen LogP contribution < -0.4 is 10.1 Å². The summed E-state index contributed by atoms with van der Waals surface area (Å²) in [7, 11) is 0. The van der Waals surface area contributed by atoms with E-state index in [9.17, 15) is 10.1 Å². The van der Waals surface area contributed by atoms with Crippen molar-refractivity contribution in [2.45, 2.75) is 26.8 Å². The lowest BCUT2D eigenvalue weighted by atomic mass is 10.0. The average molecular weight is 343 g/mol.